The Morgan fingerprint density at radius 3 is 2.56 bits per heavy atom. The number of carbonyl (C=O) groups is 1. The van der Waals surface area contributed by atoms with Gasteiger partial charge in [0.1, 0.15) is 6.61 Å². The number of anilines is 1. The molecule has 0 aliphatic rings. The van der Waals surface area contributed by atoms with E-state index < -0.39 is 4.92 Å². The highest BCUT2D eigenvalue weighted by Gasteiger charge is 2.06. The second-order valence-electron chi connectivity index (χ2n) is 3.40. The van der Waals surface area contributed by atoms with Gasteiger partial charge in [-0.2, -0.15) is 0 Å². The van der Waals surface area contributed by atoms with Gasteiger partial charge in [-0.1, -0.05) is 0 Å². The molecule has 7 nitrogen and oxygen atoms in total. The maximum Gasteiger partial charge on any atom is 0.269 e. The summed E-state index contributed by atoms with van der Waals surface area (Å²) in [6, 6.07) is 5.57. The predicted octanol–water partition coefficient (Wildman–Crippen LogP) is 1.20. The van der Waals surface area contributed by atoms with Crippen molar-refractivity contribution in [3.8, 4) is 0 Å². The van der Waals surface area contributed by atoms with Crippen molar-refractivity contribution in [2.75, 3.05) is 32.2 Å². The van der Waals surface area contributed by atoms with Crippen molar-refractivity contribution in [1.82, 2.24) is 0 Å². The number of rotatable bonds is 7. The number of non-ortho nitro benzene ring substituents is 1. The van der Waals surface area contributed by atoms with Crippen LogP contribution in [0.4, 0.5) is 11.4 Å². The van der Waals surface area contributed by atoms with E-state index in [4.69, 9.17) is 9.47 Å². The number of nitrogens with zero attached hydrogens (tertiary/aromatic N) is 1. The molecule has 1 N–H and O–H groups in total. The molecule has 0 aromatic heterocycles. The third-order valence-electron chi connectivity index (χ3n) is 2.03. The fourth-order valence-corrected chi connectivity index (χ4v) is 1.17. The van der Waals surface area contributed by atoms with Gasteiger partial charge in [-0.15, -0.1) is 0 Å². The molecule has 0 fully saturated rings. The van der Waals surface area contributed by atoms with Crippen LogP contribution in [-0.2, 0) is 14.3 Å². The van der Waals surface area contributed by atoms with Crippen LogP contribution in [0.3, 0.4) is 0 Å². The van der Waals surface area contributed by atoms with Gasteiger partial charge in [0, 0.05) is 24.9 Å². The van der Waals surface area contributed by atoms with Crippen LogP contribution in [0.1, 0.15) is 0 Å². The molecule has 1 aromatic rings. The molecular weight excluding hydrogens is 240 g/mol. The van der Waals surface area contributed by atoms with Crippen LogP contribution in [0.5, 0.6) is 0 Å². The van der Waals surface area contributed by atoms with Gasteiger partial charge in [-0.25, -0.2) is 0 Å². The Morgan fingerprint density at radius 1 is 1.33 bits per heavy atom. The Morgan fingerprint density at radius 2 is 2.00 bits per heavy atom. The number of nitrogens with one attached hydrogen (secondary N) is 1. The summed E-state index contributed by atoms with van der Waals surface area (Å²) in [5, 5.41) is 13.0. The molecule has 0 aliphatic heterocycles. The summed E-state index contributed by atoms with van der Waals surface area (Å²) in [4.78, 5) is 21.3. The number of hydrogen-bond donors (Lipinski definition) is 1. The van der Waals surface area contributed by atoms with Crippen molar-refractivity contribution < 1.29 is 19.2 Å². The molecule has 0 heterocycles. The number of carbonyl (C=O) groups excluding carboxylic acids is 1. The largest absolute Gasteiger partial charge is 0.382 e. The molecule has 0 aliphatic carbocycles. The van der Waals surface area contributed by atoms with Gasteiger partial charge in [0.05, 0.1) is 18.1 Å². The highest BCUT2D eigenvalue weighted by Crippen LogP contribution is 2.15. The van der Waals surface area contributed by atoms with E-state index in [-0.39, 0.29) is 18.2 Å². The van der Waals surface area contributed by atoms with Crippen LogP contribution in [0.2, 0.25) is 0 Å². The number of ether oxygens (including phenoxy) is 2. The van der Waals surface area contributed by atoms with E-state index in [1.54, 1.807) is 7.11 Å². The summed E-state index contributed by atoms with van der Waals surface area (Å²) in [7, 11) is 1.54. The Bertz CT molecular complexity index is 404. The van der Waals surface area contributed by atoms with Gasteiger partial charge in [-0.05, 0) is 12.1 Å². The number of methoxy groups -OCH3 is 1. The lowest BCUT2D eigenvalue weighted by atomic mass is 10.3. The molecule has 1 aromatic carbocycles. The van der Waals surface area contributed by atoms with Crippen LogP contribution < -0.4 is 5.32 Å². The normalized spacial score (nSPS) is 10.1. The SMILES string of the molecule is COCCOCC(=O)Nc1ccc([N+](=O)[O-])cc1. The van der Waals surface area contributed by atoms with E-state index in [9.17, 15) is 14.9 Å². The van der Waals surface area contributed by atoms with Gasteiger partial charge in [-0.3, -0.25) is 14.9 Å². The lowest BCUT2D eigenvalue weighted by Crippen LogP contribution is -2.19. The van der Waals surface area contributed by atoms with Gasteiger partial charge in [0.2, 0.25) is 5.91 Å². The van der Waals surface area contributed by atoms with Gasteiger partial charge in [0.15, 0.2) is 0 Å². The molecule has 1 rings (SSSR count). The van der Waals surface area contributed by atoms with Crippen molar-refractivity contribution in [2.24, 2.45) is 0 Å². The van der Waals surface area contributed by atoms with E-state index >= 15 is 0 Å². The predicted molar refractivity (Wildman–Crippen MR) is 64.4 cm³/mol. The molecule has 0 saturated carbocycles. The second kappa shape index (κ2) is 7.36. The van der Waals surface area contributed by atoms with E-state index in [2.05, 4.69) is 5.32 Å². The van der Waals surface area contributed by atoms with E-state index in [1.807, 2.05) is 0 Å². The van der Waals surface area contributed by atoms with E-state index in [0.717, 1.165) is 0 Å². The first kappa shape index (κ1) is 14.1. The molecule has 0 spiro atoms. The summed E-state index contributed by atoms with van der Waals surface area (Å²) < 4.78 is 9.78. The zero-order chi connectivity index (χ0) is 13.4. The number of benzene rings is 1. The lowest BCUT2D eigenvalue weighted by molar-refractivity contribution is -0.384. The molecule has 0 radical (unpaired) electrons. The Labute approximate surface area is 104 Å². The highest BCUT2D eigenvalue weighted by atomic mass is 16.6. The number of amides is 1. The summed E-state index contributed by atoms with van der Waals surface area (Å²) in [5.41, 5.74) is 0.463. The summed E-state index contributed by atoms with van der Waals surface area (Å²) in [6.45, 7) is 0.676. The molecule has 98 valence electrons. The standard InChI is InChI=1S/C11H14N2O5/c1-17-6-7-18-8-11(14)12-9-2-4-10(5-3-9)13(15)16/h2-5H,6-8H2,1H3,(H,12,14). The minimum absolute atomic E-state index is 0.0238. The fraction of sp³-hybridized carbons (Fsp3) is 0.364. The van der Waals surface area contributed by atoms with E-state index in [1.165, 1.54) is 24.3 Å². The molecule has 0 unspecified atom stereocenters. The van der Waals surface area contributed by atoms with Gasteiger partial charge >= 0.3 is 0 Å². The van der Waals surface area contributed by atoms with Crippen molar-refractivity contribution in [3.63, 3.8) is 0 Å². The zero-order valence-electron chi connectivity index (χ0n) is 9.92. The third-order valence-corrected chi connectivity index (χ3v) is 2.03. The van der Waals surface area contributed by atoms with Crippen LogP contribution in [0.25, 0.3) is 0 Å². The Hall–Kier alpha value is -1.99. The number of nitro benzene ring substituents is 1. The molecule has 18 heavy (non-hydrogen) atoms. The minimum atomic E-state index is -0.501. The minimum Gasteiger partial charge on any atom is -0.382 e. The monoisotopic (exact) mass is 254 g/mol. The first-order valence-electron chi connectivity index (χ1n) is 5.24. The maximum atomic E-state index is 11.4. The van der Waals surface area contributed by atoms with Crippen LogP contribution in [-0.4, -0.2) is 37.8 Å². The Balaban J connectivity index is 2.37. The summed E-state index contributed by atoms with van der Waals surface area (Å²) in [6.07, 6.45) is 0. The molecule has 0 bridgehead atoms. The molecule has 0 atom stereocenters. The summed E-state index contributed by atoms with van der Waals surface area (Å²) in [5.74, 6) is -0.319. The lowest BCUT2D eigenvalue weighted by Gasteiger charge is -2.05. The van der Waals surface area contributed by atoms with E-state index in [0.29, 0.717) is 18.9 Å². The fourth-order valence-electron chi connectivity index (χ4n) is 1.17. The smallest absolute Gasteiger partial charge is 0.269 e. The van der Waals surface area contributed by atoms with Crippen molar-refractivity contribution >= 4 is 17.3 Å². The average molecular weight is 254 g/mol. The third kappa shape index (κ3) is 4.89. The van der Waals surface area contributed by atoms with Crippen LogP contribution >= 0.6 is 0 Å². The molecule has 1 amide bonds. The number of hydrogen-bond acceptors (Lipinski definition) is 5. The van der Waals surface area contributed by atoms with Gasteiger partial charge < -0.3 is 14.8 Å². The van der Waals surface area contributed by atoms with Crippen molar-refractivity contribution in [2.45, 2.75) is 0 Å². The Kier molecular flexibility index (Phi) is 5.75. The molecule has 0 saturated heterocycles. The van der Waals surface area contributed by atoms with Crippen molar-refractivity contribution in [3.05, 3.63) is 34.4 Å². The number of nitro groups is 1. The maximum absolute atomic E-state index is 11.4. The highest BCUT2D eigenvalue weighted by molar-refractivity contribution is 5.91. The topological polar surface area (TPSA) is 90.7 Å². The quantitative estimate of drug-likeness (QED) is 0.448. The van der Waals surface area contributed by atoms with Crippen LogP contribution in [0.15, 0.2) is 24.3 Å². The first-order valence-corrected chi connectivity index (χ1v) is 5.24. The summed E-state index contributed by atoms with van der Waals surface area (Å²) >= 11 is 0. The molecule has 7 heteroatoms. The second-order valence-corrected chi connectivity index (χ2v) is 3.40. The molecular formula is C11H14N2O5. The van der Waals surface area contributed by atoms with Crippen LogP contribution in [0, 0.1) is 10.1 Å². The van der Waals surface area contributed by atoms with Gasteiger partial charge in [0.25, 0.3) is 5.69 Å². The van der Waals surface area contributed by atoms with Crippen molar-refractivity contribution in [1.29, 1.82) is 0 Å². The zero-order valence-corrected chi connectivity index (χ0v) is 9.92. The average Bonchev–Trinajstić information content (AvgIpc) is 2.35. The first-order chi connectivity index (χ1) is 8.63.